The molecule has 0 saturated heterocycles. The van der Waals surface area contributed by atoms with E-state index in [1.165, 1.54) is 37.1 Å². The molecule has 144 valence electrons. The molecule has 0 saturated carbocycles. The fourth-order valence-electron chi connectivity index (χ4n) is 2.40. The highest BCUT2D eigenvalue weighted by molar-refractivity contribution is 6.07. The molecule has 8 heteroatoms. The summed E-state index contributed by atoms with van der Waals surface area (Å²) >= 11 is 0. The SMILES string of the molecule is COc1cccc(C(=O)Nc2ccccc2CN(C)C(C)=O)c1OC(F)F. The van der Waals surface area contributed by atoms with Gasteiger partial charge < -0.3 is 19.7 Å². The lowest BCUT2D eigenvalue weighted by Gasteiger charge is -2.18. The van der Waals surface area contributed by atoms with E-state index in [0.717, 1.165) is 0 Å². The van der Waals surface area contributed by atoms with E-state index in [1.807, 2.05) is 0 Å². The van der Waals surface area contributed by atoms with Gasteiger partial charge in [-0.05, 0) is 23.8 Å². The number of hydrogen-bond donors (Lipinski definition) is 1. The van der Waals surface area contributed by atoms with Gasteiger partial charge in [-0.25, -0.2) is 0 Å². The molecule has 0 aliphatic rings. The van der Waals surface area contributed by atoms with Crippen molar-refractivity contribution in [3.8, 4) is 11.5 Å². The van der Waals surface area contributed by atoms with Crippen LogP contribution >= 0.6 is 0 Å². The van der Waals surface area contributed by atoms with E-state index in [9.17, 15) is 18.4 Å². The van der Waals surface area contributed by atoms with Crippen LogP contribution in [0.15, 0.2) is 42.5 Å². The van der Waals surface area contributed by atoms with Gasteiger partial charge in [-0.3, -0.25) is 9.59 Å². The van der Waals surface area contributed by atoms with Crippen molar-refractivity contribution in [1.29, 1.82) is 0 Å². The predicted octanol–water partition coefficient (Wildman–Crippen LogP) is 3.53. The Hall–Kier alpha value is -3.16. The third kappa shape index (κ3) is 5.16. The number of alkyl halides is 2. The number of ether oxygens (including phenoxy) is 2. The summed E-state index contributed by atoms with van der Waals surface area (Å²) in [4.78, 5) is 25.6. The summed E-state index contributed by atoms with van der Waals surface area (Å²) in [6.07, 6.45) is 0. The van der Waals surface area contributed by atoms with Gasteiger partial charge in [0.2, 0.25) is 5.91 Å². The molecule has 0 fully saturated rings. The number of carbonyl (C=O) groups is 2. The Morgan fingerprint density at radius 3 is 2.48 bits per heavy atom. The lowest BCUT2D eigenvalue weighted by Crippen LogP contribution is -2.24. The standard InChI is InChI=1S/C19H20F2N2O4/c1-12(24)23(2)11-13-7-4-5-9-15(13)22-18(25)14-8-6-10-16(26-3)17(14)27-19(20)21/h4-10,19H,11H2,1-3H3,(H,22,25). The number of carbonyl (C=O) groups excluding carboxylic acids is 2. The van der Waals surface area contributed by atoms with Crippen molar-refractivity contribution in [3.63, 3.8) is 0 Å². The Kier molecular flexibility index (Phi) is 6.70. The average Bonchev–Trinajstić information content (AvgIpc) is 2.62. The number of hydrogen-bond acceptors (Lipinski definition) is 4. The largest absolute Gasteiger partial charge is 0.493 e. The van der Waals surface area contributed by atoms with Crippen molar-refractivity contribution in [2.45, 2.75) is 20.1 Å². The van der Waals surface area contributed by atoms with Crippen LogP contribution < -0.4 is 14.8 Å². The van der Waals surface area contributed by atoms with Crippen molar-refractivity contribution in [2.24, 2.45) is 0 Å². The molecule has 0 aromatic heterocycles. The molecule has 1 N–H and O–H groups in total. The van der Waals surface area contributed by atoms with Gasteiger partial charge in [0, 0.05) is 26.2 Å². The molecule has 0 spiro atoms. The number of para-hydroxylation sites is 2. The lowest BCUT2D eigenvalue weighted by atomic mass is 10.1. The van der Waals surface area contributed by atoms with Gasteiger partial charge >= 0.3 is 6.61 Å². The topological polar surface area (TPSA) is 67.9 Å². The Bertz CT molecular complexity index is 827. The molecule has 0 aliphatic heterocycles. The predicted molar refractivity (Wildman–Crippen MR) is 96.2 cm³/mol. The van der Waals surface area contributed by atoms with Crippen molar-refractivity contribution in [3.05, 3.63) is 53.6 Å². The Morgan fingerprint density at radius 2 is 1.85 bits per heavy atom. The van der Waals surface area contributed by atoms with Crippen LogP contribution in [0.1, 0.15) is 22.8 Å². The summed E-state index contributed by atoms with van der Waals surface area (Å²) in [6.45, 7) is -1.39. The zero-order valence-electron chi connectivity index (χ0n) is 15.2. The minimum absolute atomic E-state index is 0.0209. The van der Waals surface area contributed by atoms with Gasteiger partial charge in [-0.2, -0.15) is 8.78 Å². The molecule has 0 bridgehead atoms. The second-order valence-electron chi connectivity index (χ2n) is 5.70. The number of benzene rings is 2. The van der Waals surface area contributed by atoms with Crippen LogP contribution in [0.5, 0.6) is 11.5 Å². The molecule has 2 aromatic carbocycles. The third-order valence-electron chi connectivity index (χ3n) is 3.86. The smallest absolute Gasteiger partial charge is 0.387 e. The second-order valence-corrected chi connectivity index (χ2v) is 5.70. The molecule has 6 nitrogen and oxygen atoms in total. The zero-order chi connectivity index (χ0) is 20.0. The number of anilines is 1. The van der Waals surface area contributed by atoms with Crippen LogP contribution in [0.25, 0.3) is 0 Å². The highest BCUT2D eigenvalue weighted by Crippen LogP contribution is 2.33. The lowest BCUT2D eigenvalue weighted by molar-refractivity contribution is -0.128. The van der Waals surface area contributed by atoms with E-state index in [4.69, 9.17) is 4.74 Å². The number of methoxy groups -OCH3 is 1. The summed E-state index contributed by atoms with van der Waals surface area (Å²) in [5, 5.41) is 2.68. The summed E-state index contributed by atoms with van der Waals surface area (Å²) in [7, 11) is 2.93. The molecule has 0 radical (unpaired) electrons. The molecule has 0 aliphatic carbocycles. The first kappa shape index (κ1) is 20.2. The third-order valence-corrected chi connectivity index (χ3v) is 3.86. The number of nitrogens with zero attached hydrogens (tertiary/aromatic N) is 1. The molecule has 2 amide bonds. The van der Waals surface area contributed by atoms with E-state index in [0.29, 0.717) is 11.3 Å². The Labute approximate surface area is 155 Å². The highest BCUT2D eigenvalue weighted by Gasteiger charge is 2.21. The van der Waals surface area contributed by atoms with Crippen molar-refractivity contribution < 1.29 is 27.8 Å². The molecule has 2 aromatic rings. The van der Waals surface area contributed by atoms with Crippen molar-refractivity contribution >= 4 is 17.5 Å². The van der Waals surface area contributed by atoms with Crippen LogP contribution in [0.2, 0.25) is 0 Å². The minimum Gasteiger partial charge on any atom is -0.493 e. The summed E-state index contributed by atoms with van der Waals surface area (Å²) in [5.41, 5.74) is 1.06. The van der Waals surface area contributed by atoms with E-state index >= 15 is 0 Å². The highest BCUT2D eigenvalue weighted by atomic mass is 19.3. The maximum atomic E-state index is 12.7. The molecular weight excluding hydrogens is 358 g/mol. The molecular formula is C19H20F2N2O4. The number of amides is 2. The van der Waals surface area contributed by atoms with Crippen LogP contribution in [-0.4, -0.2) is 37.5 Å². The normalized spacial score (nSPS) is 10.4. The van der Waals surface area contributed by atoms with E-state index in [2.05, 4.69) is 10.1 Å². The monoisotopic (exact) mass is 378 g/mol. The molecule has 2 rings (SSSR count). The molecule has 0 atom stereocenters. The summed E-state index contributed by atoms with van der Waals surface area (Å²) in [6, 6.07) is 11.2. The fraction of sp³-hybridized carbons (Fsp3) is 0.263. The molecule has 0 heterocycles. The molecule has 27 heavy (non-hydrogen) atoms. The average molecular weight is 378 g/mol. The van der Waals surface area contributed by atoms with Crippen molar-refractivity contribution in [2.75, 3.05) is 19.5 Å². The fourth-order valence-corrected chi connectivity index (χ4v) is 2.40. The van der Waals surface area contributed by atoms with Crippen LogP contribution in [-0.2, 0) is 11.3 Å². The van der Waals surface area contributed by atoms with Crippen LogP contribution in [0.3, 0.4) is 0 Å². The first-order chi connectivity index (χ1) is 12.8. The first-order valence-electron chi connectivity index (χ1n) is 8.06. The molecule has 0 unspecified atom stereocenters. The quantitative estimate of drug-likeness (QED) is 0.800. The van der Waals surface area contributed by atoms with Gasteiger partial charge in [-0.15, -0.1) is 0 Å². The minimum atomic E-state index is -3.11. The second kappa shape index (κ2) is 8.98. The zero-order valence-corrected chi connectivity index (χ0v) is 15.2. The number of halogens is 2. The number of nitrogens with one attached hydrogen (secondary N) is 1. The van der Waals surface area contributed by atoms with Gasteiger partial charge in [0.05, 0.1) is 12.7 Å². The van der Waals surface area contributed by atoms with Gasteiger partial charge in [0.15, 0.2) is 11.5 Å². The summed E-state index contributed by atoms with van der Waals surface area (Å²) < 4.78 is 35.0. The maximum Gasteiger partial charge on any atom is 0.387 e. The van der Waals surface area contributed by atoms with E-state index in [-0.39, 0.29) is 29.5 Å². The van der Waals surface area contributed by atoms with E-state index < -0.39 is 12.5 Å². The van der Waals surface area contributed by atoms with Crippen LogP contribution in [0.4, 0.5) is 14.5 Å². The first-order valence-corrected chi connectivity index (χ1v) is 8.06. The summed E-state index contributed by atoms with van der Waals surface area (Å²) in [5.74, 6) is -1.09. The Balaban J connectivity index is 2.32. The Morgan fingerprint density at radius 1 is 1.15 bits per heavy atom. The van der Waals surface area contributed by atoms with E-state index in [1.54, 1.807) is 31.3 Å². The van der Waals surface area contributed by atoms with Gasteiger partial charge in [0.1, 0.15) is 0 Å². The van der Waals surface area contributed by atoms with Gasteiger partial charge in [0.25, 0.3) is 5.91 Å². The maximum absolute atomic E-state index is 12.7. The van der Waals surface area contributed by atoms with Crippen LogP contribution in [0, 0.1) is 0 Å². The van der Waals surface area contributed by atoms with Crippen molar-refractivity contribution in [1.82, 2.24) is 4.90 Å². The number of rotatable bonds is 7. The van der Waals surface area contributed by atoms with Gasteiger partial charge in [-0.1, -0.05) is 24.3 Å².